The molecule has 0 radical (unpaired) electrons. The van der Waals surface area contributed by atoms with Gasteiger partial charge in [-0.1, -0.05) is 38.2 Å². The third-order valence-electron chi connectivity index (χ3n) is 2.70. The van der Waals surface area contributed by atoms with Gasteiger partial charge in [-0.15, -0.1) is 0 Å². The predicted octanol–water partition coefficient (Wildman–Crippen LogP) is 2.17. The molecule has 3 N–H and O–H groups in total. The molecule has 98 valence electrons. The summed E-state index contributed by atoms with van der Waals surface area (Å²) >= 11 is 4.89. The largest absolute Gasteiger partial charge is 0.392 e. The molecule has 0 aliphatic heterocycles. The van der Waals surface area contributed by atoms with Gasteiger partial charge < -0.3 is 11.1 Å². The summed E-state index contributed by atoms with van der Waals surface area (Å²) in [5, 5.41) is 2.66. The van der Waals surface area contributed by atoms with Crippen LogP contribution < -0.4 is 11.1 Å². The van der Waals surface area contributed by atoms with E-state index in [9.17, 15) is 9.18 Å². The Morgan fingerprint density at radius 2 is 2.06 bits per heavy atom. The smallest absolute Gasteiger partial charge is 0.254 e. The number of hydrogen-bond donors (Lipinski definition) is 2. The Balaban J connectivity index is 2.94. The summed E-state index contributed by atoms with van der Waals surface area (Å²) in [6.07, 6.45) is 0. The summed E-state index contributed by atoms with van der Waals surface area (Å²) in [4.78, 5) is 12.2. The molecule has 1 amide bonds. The Bertz CT molecular complexity index is 474. The average Bonchev–Trinajstić information content (AvgIpc) is 2.28. The molecule has 0 heterocycles. The summed E-state index contributed by atoms with van der Waals surface area (Å²) in [7, 11) is 0. The molecule has 0 spiro atoms. The fraction of sp³-hybridized carbons (Fsp3) is 0.385. The lowest BCUT2D eigenvalue weighted by atomic mass is 10.0. The molecule has 1 rings (SSSR count). The molecule has 0 bridgehead atoms. The van der Waals surface area contributed by atoms with Crippen LogP contribution in [-0.2, 0) is 0 Å². The van der Waals surface area contributed by atoms with Gasteiger partial charge in [-0.3, -0.25) is 4.79 Å². The highest BCUT2D eigenvalue weighted by atomic mass is 32.1. The molecule has 0 aromatic heterocycles. The van der Waals surface area contributed by atoms with Gasteiger partial charge in [0, 0.05) is 0 Å². The normalized spacial score (nSPS) is 12.3. The number of benzene rings is 1. The third kappa shape index (κ3) is 3.26. The van der Waals surface area contributed by atoms with Crippen molar-refractivity contribution >= 4 is 23.1 Å². The molecule has 0 fully saturated rings. The van der Waals surface area contributed by atoms with Crippen molar-refractivity contribution < 1.29 is 9.18 Å². The van der Waals surface area contributed by atoms with Gasteiger partial charge in [0.1, 0.15) is 5.82 Å². The first-order chi connectivity index (χ1) is 8.34. The van der Waals surface area contributed by atoms with Crippen molar-refractivity contribution in [2.75, 3.05) is 0 Å². The van der Waals surface area contributed by atoms with Crippen LogP contribution in [0.1, 0.15) is 29.8 Å². The molecule has 1 aromatic carbocycles. The summed E-state index contributed by atoms with van der Waals surface area (Å²) < 4.78 is 13.8. The Morgan fingerprint density at radius 3 is 2.56 bits per heavy atom. The van der Waals surface area contributed by atoms with Gasteiger partial charge in [-0.25, -0.2) is 4.39 Å². The number of amides is 1. The number of carbonyl (C=O) groups is 1. The summed E-state index contributed by atoms with van der Waals surface area (Å²) in [6.45, 7) is 5.38. The second kappa shape index (κ2) is 5.91. The topological polar surface area (TPSA) is 55.1 Å². The predicted molar refractivity (Wildman–Crippen MR) is 74.0 cm³/mol. The minimum Gasteiger partial charge on any atom is -0.392 e. The molecule has 1 aromatic rings. The maximum absolute atomic E-state index is 13.8. The van der Waals surface area contributed by atoms with E-state index >= 15 is 0 Å². The minimum atomic E-state index is -0.513. The van der Waals surface area contributed by atoms with Gasteiger partial charge in [-0.05, 0) is 24.5 Å². The Hall–Kier alpha value is -1.49. The van der Waals surface area contributed by atoms with E-state index in [1.54, 1.807) is 19.1 Å². The van der Waals surface area contributed by atoms with Gasteiger partial charge in [0.05, 0.1) is 16.6 Å². The van der Waals surface area contributed by atoms with Crippen LogP contribution in [0.15, 0.2) is 18.2 Å². The standard InChI is InChI=1S/C13H17FN2OS/c1-7(2)11(12(15)18)16-13(17)9-6-4-5-8(3)10(9)14/h4-7,11H,1-3H3,(H2,15,18)(H,16,17). The van der Waals surface area contributed by atoms with Crippen molar-refractivity contribution in [1.29, 1.82) is 0 Å². The number of aryl methyl sites for hydroxylation is 1. The fourth-order valence-electron chi connectivity index (χ4n) is 1.61. The quantitative estimate of drug-likeness (QED) is 0.823. The zero-order chi connectivity index (χ0) is 13.9. The molecule has 18 heavy (non-hydrogen) atoms. The van der Waals surface area contributed by atoms with Crippen LogP contribution in [0, 0.1) is 18.7 Å². The van der Waals surface area contributed by atoms with Crippen LogP contribution in [0.3, 0.4) is 0 Å². The maximum Gasteiger partial charge on any atom is 0.254 e. The number of nitrogens with one attached hydrogen (secondary N) is 1. The van der Waals surface area contributed by atoms with Gasteiger partial charge in [-0.2, -0.15) is 0 Å². The van der Waals surface area contributed by atoms with Crippen molar-refractivity contribution in [3.8, 4) is 0 Å². The van der Waals surface area contributed by atoms with Crippen molar-refractivity contribution in [2.45, 2.75) is 26.8 Å². The zero-order valence-electron chi connectivity index (χ0n) is 10.7. The molecule has 0 aliphatic carbocycles. The second-order valence-corrected chi connectivity index (χ2v) is 5.01. The first-order valence-electron chi connectivity index (χ1n) is 5.70. The number of halogens is 1. The number of nitrogens with two attached hydrogens (primary N) is 1. The van der Waals surface area contributed by atoms with E-state index in [-0.39, 0.29) is 16.5 Å². The van der Waals surface area contributed by atoms with E-state index in [4.69, 9.17) is 18.0 Å². The summed E-state index contributed by atoms with van der Waals surface area (Å²) in [5.74, 6) is -0.956. The molecular formula is C13H17FN2OS. The number of rotatable bonds is 4. The zero-order valence-corrected chi connectivity index (χ0v) is 11.5. The Labute approximate surface area is 112 Å². The van der Waals surface area contributed by atoms with Crippen molar-refractivity contribution in [2.24, 2.45) is 11.7 Å². The monoisotopic (exact) mass is 268 g/mol. The van der Waals surface area contributed by atoms with Gasteiger partial charge in [0.15, 0.2) is 0 Å². The average molecular weight is 268 g/mol. The first kappa shape index (κ1) is 14.6. The Morgan fingerprint density at radius 1 is 1.44 bits per heavy atom. The molecular weight excluding hydrogens is 251 g/mol. The highest BCUT2D eigenvalue weighted by molar-refractivity contribution is 7.80. The highest BCUT2D eigenvalue weighted by Crippen LogP contribution is 2.12. The fourth-order valence-corrected chi connectivity index (χ4v) is 1.94. The summed E-state index contributed by atoms with van der Waals surface area (Å²) in [5.41, 5.74) is 6.00. The van der Waals surface area contributed by atoms with Crippen molar-refractivity contribution in [1.82, 2.24) is 5.32 Å². The lowest BCUT2D eigenvalue weighted by Crippen LogP contribution is -2.47. The van der Waals surface area contributed by atoms with E-state index in [1.807, 2.05) is 13.8 Å². The van der Waals surface area contributed by atoms with Crippen molar-refractivity contribution in [3.05, 3.63) is 35.1 Å². The van der Waals surface area contributed by atoms with E-state index < -0.39 is 17.8 Å². The molecule has 1 unspecified atom stereocenters. The van der Waals surface area contributed by atoms with E-state index in [0.717, 1.165) is 0 Å². The van der Waals surface area contributed by atoms with Gasteiger partial charge >= 0.3 is 0 Å². The number of thiocarbonyl (C=S) groups is 1. The second-order valence-electron chi connectivity index (χ2n) is 4.53. The van der Waals surface area contributed by atoms with Crippen molar-refractivity contribution in [3.63, 3.8) is 0 Å². The van der Waals surface area contributed by atoms with Crippen LogP contribution >= 0.6 is 12.2 Å². The first-order valence-corrected chi connectivity index (χ1v) is 6.10. The van der Waals surface area contributed by atoms with Gasteiger partial charge in [0.2, 0.25) is 0 Å². The van der Waals surface area contributed by atoms with Crippen LogP contribution in [0.5, 0.6) is 0 Å². The molecule has 0 saturated carbocycles. The van der Waals surface area contributed by atoms with Crippen LogP contribution in [0.4, 0.5) is 4.39 Å². The lowest BCUT2D eigenvalue weighted by Gasteiger charge is -2.21. The van der Waals surface area contributed by atoms with E-state index in [1.165, 1.54) is 6.07 Å². The molecule has 1 atom stereocenters. The Kier molecular flexibility index (Phi) is 4.78. The summed E-state index contributed by atoms with van der Waals surface area (Å²) in [6, 6.07) is 4.25. The lowest BCUT2D eigenvalue weighted by molar-refractivity contribution is 0.0935. The molecule has 0 aliphatic rings. The van der Waals surface area contributed by atoms with E-state index in [0.29, 0.717) is 5.56 Å². The third-order valence-corrected chi connectivity index (χ3v) is 2.95. The molecule has 0 saturated heterocycles. The highest BCUT2D eigenvalue weighted by Gasteiger charge is 2.21. The maximum atomic E-state index is 13.8. The van der Waals surface area contributed by atoms with Gasteiger partial charge in [0.25, 0.3) is 5.91 Å². The van der Waals surface area contributed by atoms with Crippen LogP contribution in [0.25, 0.3) is 0 Å². The molecule has 3 nitrogen and oxygen atoms in total. The number of carbonyl (C=O) groups excluding carboxylic acids is 1. The molecule has 5 heteroatoms. The SMILES string of the molecule is Cc1cccc(C(=O)NC(C(N)=S)C(C)C)c1F. The minimum absolute atomic E-state index is 0.0110. The number of hydrogen-bond acceptors (Lipinski definition) is 2. The van der Waals surface area contributed by atoms with E-state index in [2.05, 4.69) is 5.32 Å². The van der Waals surface area contributed by atoms with Crippen LogP contribution in [0.2, 0.25) is 0 Å². The van der Waals surface area contributed by atoms with Crippen LogP contribution in [-0.4, -0.2) is 16.9 Å².